The molecule has 0 radical (unpaired) electrons. The van der Waals surface area contributed by atoms with Crippen LogP contribution < -0.4 is 10.6 Å². The van der Waals surface area contributed by atoms with Crippen molar-refractivity contribution >= 4 is 33.3 Å². The molecule has 1 saturated heterocycles. The van der Waals surface area contributed by atoms with Gasteiger partial charge in [-0.05, 0) is 45.9 Å². The molecule has 0 atom stereocenters. The van der Waals surface area contributed by atoms with E-state index in [-0.39, 0.29) is 5.54 Å². The van der Waals surface area contributed by atoms with E-state index in [0.717, 1.165) is 48.0 Å². The molecule has 1 aliphatic rings. The largest absolute Gasteiger partial charge is 0.383 e. The minimum Gasteiger partial charge on any atom is -0.383 e. The zero-order chi connectivity index (χ0) is 19.9. The number of pyridine rings is 1. The summed E-state index contributed by atoms with van der Waals surface area (Å²) in [7, 11) is 0. The van der Waals surface area contributed by atoms with Gasteiger partial charge in [-0.3, -0.25) is 4.90 Å². The smallest absolute Gasteiger partial charge is 0.139 e. The molecule has 4 rings (SSSR count). The molecular weight excluding hydrogens is 352 g/mol. The van der Waals surface area contributed by atoms with Crippen LogP contribution in [-0.2, 0) is 11.5 Å². The monoisotopic (exact) mass is 382 g/mol. The zero-order valence-electron chi connectivity index (χ0n) is 17.3. The van der Waals surface area contributed by atoms with Crippen molar-refractivity contribution in [3.8, 4) is 0 Å². The van der Waals surface area contributed by atoms with E-state index >= 15 is 0 Å². The summed E-state index contributed by atoms with van der Waals surface area (Å²) in [6, 6.07) is 6.40. The van der Waals surface area contributed by atoms with Gasteiger partial charge in [0.25, 0.3) is 0 Å². The number of hydrogen-bond donors (Lipinski definition) is 1. The highest BCUT2D eigenvalue weighted by Gasteiger charge is 2.26. The lowest BCUT2D eigenvalue weighted by molar-refractivity contribution is 0.0797. The summed E-state index contributed by atoms with van der Waals surface area (Å²) < 4.78 is 7.28. The van der Waals surface area contributed by atoms with Crippen LogP contribution >= 0.6 is 0 Å². The van der Waals surface area contributed by atoms with Crippen LogP contribution in [0.2, 0.25) is 0 Å². The Morgan fingerprint density at radius 3 is 2.54 bits per heavy atom. The highest BCUT2D eigenvalue weighted by atomic mass is 16.5. The maximum absolute atomic E-state index is 6.18. The van der Waals surface area contributed by atoms with E-state index in [1.165, 1.54) is 5.69 Å². The summed E-state index contributed by atoms with van der Waals surface area (Å²) in [6.45, 7) is 14.1. The van der Waals surface area contributed by atoms with Crippen molar-refractivity contribution in [2.45, 2.75) is 40.0 Å². The standard InChI is InChI=1S/C21H30N6O/c1-5-28-14-27-13-17-19(24-27)16-12-15(6-7-18(16)23-20(17)22)25-8-10-26(11-9-25)21(2,3)4/h6-7,12-13H,5,8-11,14H2,1-4H3,(H2,22,23). The van der Waals surface area contributed by atoms with E-state index in [1.54, 1.807) is 4.68 Å². The van der Waals surface area contributed by atoms with Crippen molar-refractivity contribution in [1.82, 2.24) is 19.7 Å². The van der Waals surface area contributed by atoms with E-state index in [0.29, 0.717) is 19.2 Å². The first-order chi connectivity index (χ1) is 13.4. The third-order valence-corrected chi connectivity index (χ3v) is 5.53. The van der Waals surface area contributed by atoms with Gasteiger partial charge < -0.3 is 15.4 Å². The summed E-state index contributed by atoms with van der Waals surface area (Å²) in [5.74, 6) is 0.511. The van der Waals surface area contributed by atoms with Gasteiger partial charge in [-0.2, -0.15) is 5.10 Å². The number of fused-ring (bicyclic) bond motifs is 3. The molecule has 0 bridgehead atoms. The molecule has 3 heterocycles. The number of rotatable bonds is 4. The molecule has 0 amide bonds. The Morgan fingerprint density at radius 2 is 1.86 bits per heavy atom. The normalized spacial score (nSPS) is 16.4. The van der Waals surface area contributed by atoms with Crippen LogP contribution in [-0.4, -0.2) is 58.0 Å². The molecule has 0 aliphatic carbocycles. The Morgan fingerprint density at radius 1 is 1.11 bits per heavy atom. The Hall–Kier alpha value is -2.38. The van der Waals surface area contributed by atoms with E-state index in [9.17, 15) is 0 Å². The first kappa shape index (κ1) is 19.0. The average molecular weight is 383 g/mol. The molecule has 0 spiro atoms. The topological polar surface area (TPSA) is 72.4 Å². The number of nitrogens with two attached hydrogens (primary N) is 1. The number of aromatic nitrogens is 3. The van der Waals surface area contributed by atoms with Crippen molar-refractivity contribution in [1.29, 1.82) is 0 Å². The first-order valence-corrected chi connectivity index (χ1v) is 10.0. The zero-order valence-corrected chi connectivity index (χ0v) is 17.3. The molecule has 7 heteroatoms. The summed E-state index contributed by atoms with van der Waals surface area (Å²) in [4.78, 5) is 9.57. The van der Waals surface area contributed by atoms with Gasteiger partial charge in [0.15, 0.2) is 0 Å². The van der Waals surface area contributed by atoms with Gasteiger partial charge in [0.1, 0.15) is 18.1 Å². The summed E-state index contributed by atoms with van der Waals surface area (Å²) in [5.41, 5.74) is 9.38. The predicted molar refractivity (Wildman–Crippen MR) is 115 cm³/mol. The van der Waals surface area contributed by atoms with Gasteiger partial charge in [-0.1, -0.05) is 0 Å². The minimum absolute atomic E-state index is 0.219. The number of nitrogens with zero attached hydrogens (tertiary/aromatic N) is 5. The average Bonchev–Trinajstić information content (AvgIpc) is 3.11. The third kappa shape index (κ3) is 3.52. The fourth-order valence-corrected chi connectivity index (χ4v) is 3.89. The van der Waals surface area contributed by atoms with E-state index in [1.807, 2.05) is 13.1 Å². The molecule has 2 aromatic heterocycles. The fraction of sp³-hybridized carbons (Fsp3) is 0.524. The molecule has 1 fully saturated rings. The van der Waals surface area contributed by atoms with Crippen molar-refractivity contribution in [2.24, 2.45) is 0 Å². The maximum atomic E-state index is 6.18. The van der Waals surface area contributed by atoms with E-state index in [2.05, 4.69) is 53.8 Å². The fourth-order valence-electron chi connectivity index (χ4n) is 3.89. The SMILES string of the molecule is CCOCn1cc2c(N)nc3ccc(N4CCN(C(C)(C)C)CC4)cc3c2n1. The maximum Gasteiger partial charge on any atom is 0.139 e. The lowest BCUT2D eigenvalue weighted by atomic mass is 10.0. The van der Waals surface area contributed by atoms with Gasteiger partial charge in [-0.25, -0.2) is 9.67 Å². The number of anilines is 2. The molecule has 2 N–H and O–H groups in total. The Labute approximate surface area is 166 Å². The van der Waals surface area contributed by atoms with Gasteiger partial charge in [-0.15, -0.1) is 0 Å². The Kier molecular flexibility index (Phi) is 4.89. The van der Waals surface area contributed by atoms with Crippen LogP contribution in [0, 0.1) is 0 Å². The second-order valence-electron chi connectivity index (χ2n) is 8.40. The van der Waals surface area contributed by atoms with E-state index in [4.69, 9.17) is 15.6 Å². The second kappa shape index (κ2) is 7.22. The molecule has 1 aromatic carbocycles. The lowest BCUT2D eigenvalue weighted by Crippen LogP contribution is -2.53. The van der Waals surface area contributed by atoms with Crippen LogP contribution in [0.15, 0.2) is 24.4 Å². The predicted octanol–water partition coefficient (Wildman–Crippen LogP) is 3.08. The quantitative estimate of drug-likeness (QED) is 0.748. The lowest BCUT2D eigenvalue weighted by Gasteiger charge is -2.43. The number of benzene rings is 1. The first-order valence-electron chi connectivity index (χ1n) is 10.0. The molecule has 150 valence electrons. The van der Waals surface area contributed by atoms with Crippen LogP contribution in [0.3, 0.4) is 0 Å². The second-order valence-corrected chi connectivity index (χ2v) is 8.40. The number of hydrogen-bond acceptors (Lipinski definition) is 6. The van der Waals surface area contributed by atoms with Crippen molar-refractivity contribution < 1.29 is 4.74 Å². The van der Waals surface area contributed by atoms with Crippen LogP contribution in [0.5, 0.6) is 0 Å². The van der Waals surface area contributed by atoms with Gasteiger partial charge >= 0.3 is 0 Å². The summed E-state index contributed by atoms with van der Waals surface area (Å²) in [6.07, 6.45) is 1.92. The highest BCUT2D eigenvalue weighted by molar-refractivity contribution is 6.08. The van der Waals surface area contributed by atoms with E-state index < -0.39 is 0 Å². The van der Waals surface area contributed by atoms with Crippen LogP contribution in [0.4, 0.5) is 11.5 Å². The summed E-state index contributed by atoms with van der Waals surface area (Å²) in [5, 5.41) is 6.63. The van der Waals surface area contributed by atoms with Crippen molar-refractivity contribution in [3.05, 3.63) is 24.4 Å². The molecule has 3 aromatic rings. The number of piperazine rings is 1. The molecule has 0 unspecified atom stereocenters. The molecular formula is C21H30N6O. The Balaban J connectivity index is 1.67. The molecule has 7 nitrogen and oxygen atoms in total. The van der Waals surface area contributed by atoms with Gasteiger partial charge in [0, 0.05) is 55.6 Å². The summed E-state index contributed by atoms with van der Waals surface area (Å²) >= 11 is 0. The number of ether oxygens (including phenoxy) is 1. The Bertz CT molecular complexity index is 982. The molecule has 1 aliphatic heterocycles. The van der Waals surface area contributed by atoms with Crippen molar-refractivity contribution in [3.63, 3.8) is 0 Å². The van der Waals surface area contributed by atoms with Crippen LogP contribution in [0.1, 0.15) is 27.7 Å². The highest BCUT2D eigenvalue weighted by Crippen LogP contribution is 2.30. The molecule has 28 heavy (non-hydrogen) atoms. The molecule has 0 saturated carbocycles. The van der Waals surface area contributed by atoms with Gasteiger partial charge in [0.05, 0.1) is 10.9 Å². The van der Waals surface area contributed by atoms with Crippen molar-refractivity contribution in [2.75, 3.05) is 43.4 Å². The number of nitrogen functional groups attached to an aromatic ring is 1. The van der Waals surface area contributed by atoms with Crippen LogP contribution in [0.25, 0.3) is 21.8 Å². The third-order valence-electron chi connectivity index (χ3n) is 5.53. The minimum atomic E-state index is 0.219. The van der Waals surface area contributed by atoms with Gasteiger partial charge in [0.2, 0.25) is 0 Å².